The Hall–Kier alpha value is -17.9. The predicted molar refractivity (Wildman–Crippen MR) is 540 cm³/mol. The minimum absolute atomic E-state index is 0.00820. The Balaban J connectivity index is 0.000000113. The van der Waals surface area contributed by atoms with Gasteiger partial charge < -0.3 is 64.2 Å². The van der Waals surface area contributed by atoms with E-state index in [1.165, 1.54) is 13.7 Å². The van der Waals surface area contributed by atoms with Crippen molar-refractivity contribution >= 4 is 109 Å². The van der Waals surface area contributed by atoms with Gasteiger partial charge in [0.15, 0.2) is 0 Å². The van der Waals surface area contributed by atoms with Gasteiger partial charge in [-0.3, -0.25) is 58.1 Å². The van der Waals surface area contributed by atoms with Crippen LogP contribution in [0.5, 0.6) is 17.2 Å². The highest BCUT2D eigenvalue weighted by atomic mass is 16.6. The molecule has 0 unspecified atom stereocenters. The number of H-pyrrole nitrogens is 3. The highest BCUT2D eigenvalue weighted by Crippen LogP contribution is 2.42. The van der Waals surface area contributed by atoms with Crippen LogP contribution >= 0.6 is 0 Å². The first-order chi connectivity index (χ1) is 68.1. The van der Waals surface area contributed by atoms with Gasteiger partial charge in [-0.15, -0.1) is 0 Å². The van der Waals surface area contributed by atoms with E-state index >= 15 is 0 Å². The number of methoxy groups -OCH3 is 2. The lowest BCUT2D eigenvalue weighted by Crippen LogP contribution is -2.27. The van der Waals surface area contributed by atoms with E-state index in [0.29, 0.717) is 89.0 Å². The van der Waals surface area contributed by atoms with Crippen molar-refractivity contribution in [3.63, 3.8) is 0 Å². The highest BCUT2D eigenvalue weighted by molar-refractivity contribution is 6.25. The molecule has 17 aromatic rings. The van der Waals surface area contributed by atoms with Crippen molar-refractivity contribution in [3.05, 3.63) is 352 Å². The average molecular weight is 1900 g/mol. The van der Waals surface area contributed by atoms with E-state index < -0.39 is 46.9 Å². The monoisotopic (exact) mass is 1900 g/mol. The van der Waals surface area contributed by atoms with Gasteiger partial charge in [0, 0.05) is 135 Å². The van der Waals surface area contributed by atoms with Crippen LogP contribution in [0.1, 0.15) is 173 Å². The summed E-state index contributed by atoms with van der Waals surface area (Å²) in [4.78, 5) is 146. The first kappa shape index (κ1) is 94.5. The number of nitrogens with one attached hydrogen (secondary N) is 8. The molecule has 8 amide bonds. The number of carbonyl (C=O) groups excluding carboxylic acids is 11. The van der Waals surface area contributed by atoms with Crippen LogP contribution in [-0.2, 0) is 47.0 Å². The number of para-hydroxylation sites is 1. The van der Waals surface area contributed by atoms with Crippen LogP contribution in [0.25, 0.3) is 111 Å². The van der Waals surface area contributed by atoms with Crippen LogP contribution in [0, 0.1) is 0 Å². The van der Waals surface area contributed by atoms with E-state index in [1.807, 2.05) is 230 Å². The van der Waals surface area contributed by atoms with Crippen molar-refractivity contribution in [2.75, 3.05) is 21.3 Å². The van der Waals surface area contributed by atoms with Gasteiger partial charge in [0.05, 0.1) is 81.3 Å². The van der Waals surface area contributed by atoms with Crippen molar-refractivity contribution < 1.29 is 81.2 Å². The maximum atomic E-state index is 13.1. The van der Waals surface area contributed by atoms with Crippen LogP contribution in [0.3, 0.4) is 0 Å². The van der Waals surface area contributed by atoms with Gasteiger partial charge in [0.1, 0.15) is 40.7 Å². The molecule has 29 heteroatoms. The van der Waals surface area contributed by atoms with Crippen molar-refractivity contribution in [3.8, 4) is 84.7 Å². The minimum Gasteiger partial charge on any atom is -0.497 e. The van der Waals surface area contributed by atoms with Gasteiger partial charge >= 0.3 is 18.3 Å². The molecule has 6 aliphatic rings. The molecule has 142 heavy (non-hydrogen) atoms. The maximum Gasteiger partial charge on any atom is 0.419 e. The standard InChI is InChI=1S/C23H18N2O2.C22H20N2O5.C18H20N2O3.C17H12N2O3.C17H18N2O3.C16H12N2O/c26-23-22-16(13-24-23)7-4-8-19(22)21-12-17-11-18(9-10-20(17)25-21)27-14-15-5-2-1-3-6-15;1-22(2,3)29-21(27)24-16-9-8-13(28-4)10-12(16)11-17(24)14-6-5-7-15-18(14)20(26)23-19(15)25;1-18(2,3)23-17(22)20-10-6-9-14(20)13-8-5-7-12-11-19(4)16(21)15(12)13;1-22-10-5-6-13-9(7-10)8-14(18-13)11-3-2-4-12-15(11)17(21)19-16(12)20;1-17(2,3)22-16(21)19-9-5-8-13(19)12-7-4-6-11-10-18-15(20)14(11)12;19-16-15-10(8-18-16)4-3-6-12(15)13-9-17-14-7-2-1-5-11(13)14/h1-12,25H,13-14H2,(H,24,26);5-11H,1-4H3,(H,23,25,26);5-10H,11H2,1-4H3;2-8,18H,1H3,(H,19,20,21);4-9H,10H2,1-3H3,(H,18,20);1-7,9,17H,8H2,(H,18,19). The zero-order chi connectivity index (χ0) is 99.9. The van der Waals surface area contributed by atoms with Gasteiger partial charge in [-0.1, -0.05) is 146 Å². The molecule has 0 aliphatic carbocycles. The Kier molecular flexibility index (Phi) is 25.7. The van der Waals surface area contributed by atoms with Gasteiger partial charge in [-0.25, -0.2) is 19.0 Å². The molecule has 6 aromatic heterocycles. The Labute approximate surface area is 815 Å². The minimum atomic E-state index is -0.705. The van der Waals surface area contributed by atoms with E-state index in [-0.39, 0.29) is 46.6 Å². The van der Waals surface area contributed by atoms with Crippen molar-refractivity contribution in [1.29, 1.82) is 0 Å². The predicted octanol–water partition coefficient (Wildman–Crippen LogP) is 21.2. The number of aromatic nitrogens is 6. The lowest BCUT2D eigenvalue weighted by atomic mass is 9.96. The number of rotatable bonds is 11. The van der Waals surface area contributed by atoms with E-state index in [1.54, 1.807) is 126 Å². The van der Waals surface area contributed by atoms with Crippen molar-refractivity contribution in [2.45, 2.75) is 112 Å². The maximum absolute atomic E-state index is 13.1. The van der Waals surface area contributed by atoms with Gasteiger partial charge in [-0.2, -0.15) is 0 Å². The van der Waals surface area contributed by atoms with Crippen molar-refractivity contribution in [1.82, 2.24) is 60.1 Å². The number of amides is 8. The topological polar surface area (TPSA) is 369 Å². The Bertz CT molecular complexity index is 8000. The van der Waals surface area contributed by atoms with Gasteiger partial charge in [0.2, 0.25) is 0 Å². The molecular weight excluding hydrogens is 1800 g/mol. The van der Waals surface area contributed by atoms with E-state index in [2.05, 4.69) is 53.7 Å². The quantitative estimate of drug-likeness (QED) is 0.0440. The number of hydrogen-bond acceptors (Lipinski definition) is 17. The summed E-state index contributed by atoms with van der Waals surface area (Å²) in [6.45, 7) is 19.2. The molecule has 0 atom stereocenters. The third-order valence-corrected chi connectivity index (χ3v) is 24.3. The second kappa shape index (κ2) is 38.6. The molecule has 0 saturated heterocycles. The molecule has 23 rings (SSSR count). The molecule has 11 aromatic carbocycles. The summed E-state index contributed by atoms with van der Waals surface area (Å²) in [6.07, 6.45) is 3.81. The number of benzene rings is 11. The summed E-state index contributed by atoms with van der Waals surface area (Å²) in [5, 5.41) is 17.2. The average Bonchev–Trinajstić information content (AvgIpc) is 1.58. The second-order valence-corrected chi connectivity index (χ2v) is 37.4. The molecule has 0 fully saturated rings. The largest absolute Gasteiger partial charge is 0.497 e. The zero-order valence-corrected chi connectivity index (χ0v) is 79.8. The molecule has 29 nitrogen and oxygen atoms in total. The molecule has 0 radical (unpaired) electrons. The Morgan fingerprint density at radius 3 is 1.30 bits per heavy atom. The summed E-state index contributed by atoms with van der Waals surface area (Å²) in [5.41, 5.74) is 20.5. The van der Waals surface area contributed by atoms with E-state index in [4.69, 9.17) is 28.4 Å². The molecule has 6 aliphatic heterocycles. The normalized spacial score (nSPS) is 13.5. The second-order valence-electron chi connectivity index (χ2n) is 37.4. The summed E-state index contributed by atoms with van der Waals surface area (Å²) in [5.74, 6) is 0.477. The van der Waals surface area contributed by atoms with Gasteiger partial charge in [-0.05, 0) is 211 Å². The van der Waals surface area contributed by atoms with Gasteiger partial charge in [0.25, 0.3) is 47.3 Å². The molecule has 0 bridgehead atoms. The molecule has 0 saturated carbocycles. The summed E-state index contributed by atoms with van der Waals surface area (Å²) < 4.78 is 37.2. The number of nitrogens with zero attached hydrogens (tertiary/aromatic N) is 4. The van der Waals surface area contributed by atoms with Crippen molar-refractivity contribution in [2.24, 2.45) is 0 Å². The lowest BCUT2D eigenvalue weighted by Gasteiger charge is -2.21. The number of hydrogen-bond donors (Lipinski definition) is 8. The smallest absolute Gasteiger partial charge is 0.419 e. The van der Waals surface area contributed by atoms with Crippen LogP contribution in [-0.4, -0.2) is 137 Å². The number of carbonyl (C=O) groups is 11. The molecule has 0 spiro atoms. The third kappa shape index (κ3) is 19.4. The number of fused-ring (bicyclic) bond motifs is 10. The summed E-state index contributed by atoms with van der Waals surface area (Å²) >= 11 is 0. The Morgan fingerprint density at radius 1 is 0.345 bits per heavy atom. The van der Waals surface area contributed by atoms with E-state index in [0.717, 1.165) is 133 Å². The Morgan fingerprint density at radius 2 is 0.768 bits per heavy atom. The molecular formula is C113H100N12O17. The van der Waals surface area contributed by atoms with Crippen LogP contribution in [0.15, 0.2) is 279 Å². The number of aromatic amines is 3. The number of ether oxygens (including phenoxy) is 6. The highest BCUT2D eigenvalue weighted by Gasteiger charge is 2.37. The molecule has 8 N–H and O–H groups in total. The summed E-state index contributed by atoms with van der Waals surface area (Å²) in [7, 11) is 4.96. The van der Waals surface area contributed by atoms with Crippen LogP contribution in [0.4, 0.5) is 14.4 Å². The zero-order valence-electron chi connectivity index (χ0n) is 79.8. The summed E-state index contributed by atoms with van der Waals surface area (Å²) in [6, 6.07) is 81.9. The van der Waals surface area contributed by atoms with Crippen LogP contribution in [0.2, 0.25) is 0 Å². The fraction of sp³-hybridized carbons (Fsp3) is 0.177. The lowest BCUT2D eigenvalue weighted by molar-refractivity contribution is 0.0528. The third-order valence-electron chi connectivity index (χ3n) is 24.3. The molecule has 714 valence electrons. The number of imide groups is 2. The fourth-order valence-electron chi connectivity index (χ4n) is 18.0. The van der Waals surface area contributed by atoms with E-state index in [9.17, 15) is 52.7 Å². The first-order valence-corrected chi connectivity index (χ1v) is 46.0. The molecule has 12 heterocycles. The first-order valence-electron chi connectivity index (χ1n) is 46.0. The fourth-order valence-corrected chi connectivity index (χ4v) is 18.0. The SMILES string of the molecule is CC(C)(C)OC(=O)n1cccc1-c1cccc2c1C(=O)NC2.CN1Cc2cccc(-c3cccn3C(=O)OC(C)(C)C)c2C1=O.COc1ccc2[nH]c(-c3cccc4c3C(=O)NC4=O)cc2c1.COc1ccc2c(c1)cc(-c1cccc3c1C(=O)NC3=O)n2C(=O)OC(C)(C)C.O=C1NCc2cccc(-c3c[nH]c4ccccc34)c21.O=C1NCc2cccc(-c3cc4cc(OCc5ccccc5)ccc4[nH]3)c21. The van der Waals surface area contributed by atoms with Crippen LogP contribution < -0.4 is 40.8 Å².